The van der Waals surface area contributed by atoms with Gasteiger partial charge in [0.05, 0.1) is 13.2 Å². The summed E-state index contributed by atoms with van der Waals surface area (Å²) in [5.41, 5.74) is 0. The van der Waals surface area contributed by atoms with Crippen LogP contribution in [0.3, 0.4) is 0 Å². The Kier molecular flexibility index (Phi) is 5.90. The largest absolute Gasteiger partial charge is 0.463 e. The van der Waals surface area contributed by atoms with Crippen molar-refractivity contribution in [2.24, 2.45) is 5.92 Å². The van der Waals surface area contributed by atoms with E-state index in [2.05, 4.69) is 0 Å². The van der Waals surface area contributed by atoms with Gasteiger partial charge in [0.25, 0.3) is 0 Å². The first-order valence-electron chi connectivity index (χ1n) is 7.16. The highest BCUT2D eigenvalue weighted by molar-refractivity contribution is 7.98. The van der Waals surface area contributed by atoms with Crippen LogP contribution in [-0.2, 0) is 19.0 Å². The first-order valence-corrected chi connectivity index (χ1v) is 8.39. The third-order valence-electron chi connectivity index (χ3n) is 3.44. The molecule has 0 N–H and O–H groups in total. The minimum atomic E-state index is -0.960. The molecule has 0 unspecified atom stereocenters. The van der Waals surface area contributed by atoms with Gasteiger partial charge in [0.15, 0.2) is 0 Å². The number of ether oxygens (including phenoxy) is 3. The topological polar surface area (TPSA) is 75.0 Å². The number of carbonyl (C=O) groups excluding carboxylic acids is 2. The molecule has 2 atom stereocenters. The first-order chi connectivity index (χ1) is 10.6. The van der Waals surface area contributed by atoms with E-state index in [1.807, 2.05) is 6.26 Å². The normalized spacial score (nSPS) is 19.0. The van der Waals surface area contributed by atoms with Crippen LogP contribution in [0.1, 0.15) is 29.7 Å². The molecule has 0 spiro atoms. The molecule has 2 rings (SSSR count). The predicted octanol–water partition coefficient (Wildman–Crippen LogP) is 2.43. The van der Waals surface area contributed by atoms with Crippen LogP contribution in [0.5, 0.6) is 0 Å². The van der Waals surface area contributed by atoms with E-state index < -0.39 is 18.0 Å². The highest BCUT2D eigenvalue weighted by Crippen LogP contribution is 2.26. The lowest BCUT2D eigenvalue weighted by Gasteiger charge is -2.20. The molecule has 22 heavy (non-hydrogen) atoms. The lowest BCUT2D eigenvalue weighted by atomic mass is 10.0. The third-order valence-corrected chi connectivity index (χ3v) is 4.28. The number of furan rings is 1. The zero-order valence-corrected chi connectivity index (χ0v) is 13.7. The molecule has 0 bridgehead atoms. The quantitative estimate of drug-likeness (QED) is 0.586. The van der Waals surface area contributed by atoms with Crippen LogP contribution in [0.15, 0.2) is 15.4 Å². The smallest absolute Gasteiger partial charge is 0.375 e. The second kappa shape index (κ2) is 7.69. The van der Waals surface area contributed by atoms with Crippen LogP contribution in [0, 0.1) is 12.8 Å². The standard InChI is InChI=1S/C15H20O6S/c1-4-19-15(17)13(10-5-6-18-8-10)21-14(16)11-7-12(22-3)9(2)20-11/h7,10,13H,4-6,8H2,1-3H3/t10-,13-/m1/s1. The molecular formula is C15H20O6S. The molecule has 1 aromatic rings. The molecule has 0 amide bonds. The van der Waals surface area contributed by atoms with Crippen molar-refractivity contribution in [2.75, 3.05) is 26.1 Å². The summed E-state index contributed by atoms with van der Waals surface area (Å²) < 4.78 is 21.0. The molecule has 1 saturated heterocycles. The molecule has 0 radical (unpaired) electrons. The highest BCUT2D eigenvalue weighted by Gasteiger charge is 2.36. The molecule has 2 heterocycles. The van der Waals surface area contributed by atoms with Crippen molar-refractivity contribution in [1.82, 2.24) is 0 Å². The molecule has 1 fully saturated rings. The van der Waals surface area contributed by atoms with Gasteiger partial charge in [-0.2, -0.15) is 0 Å². The van der Waals surface area contributed by atoms with Crippen molar-refractivity contribution in [3.05, 3.63) is 17.6 Å². The maximum atomic E-state index is 12.2. The highest BCUT2D eigenvalue weighted by atomic mass is 32.2. The van der Waals surface area contributed by atoms with Gasteiger partial charge in [-0.15, -0.1) is 11.8 Å². The van der Waals surface area contributed by atoms with Gasteiger partial charge in [-0.3, -0.25) is 0 Å². The van der Waals surface area contributed by atoms with Crippen molar-refractivity contribution < 1.29 is 28.2 Å². The van der Waals surface area contributed by atoms with E-state index >= 15 is 0 Å². The van der Waals surface area contributed by atoms with Crippen molar-refractivity contribution in [3.8, 4) is 0 Å². The summed E-state index contributed by atoms with van der Waals surface area (Å²) >= 11 is 1.48. The maximum Gasteiger partial charge on any atom is 0.375 e. The number of hydrogen-bond donors (Lipinski definition) is 0. The molecule has 1 aliphatic rings. The molecule has 1 aromatic heterocycles. The number of hydrogen-bond acceptors (Lipinski definition) is 7. The molecule has 0 aromatic carbocycles. The van der Waals surface area contributed by atoms with E-state index in [1.54, 1.807) is 19.9 Å². The van der Waals surface area contributed by atoms with Gasteiger partial charge >= 0.3 is 11.9 Å². The van der Waals surface area contributed by atoms with E-state index in [9.17, 15) is 9.59 Å². The summed E-state index contributed by atoms with van der Waals surface area (Å²) in [4.78, 5) is 25.1. The van der Waals surface area contributed by atoms with Crippen molar-refractivity contribution in [3.63, 3.8) is 0 Å². The minimum Gasteiger partial charge on any atom is -0.463 e. The van der Waals surface area contributed by atoms with Gasteiger partial charge in [-0.05, 0) is 26.5 Å². The summed E-state index contributed by atoms with van der Waals surface area (Å²) in [6.07, 6.45) is 1.59. The predicted molar refractivity (Wildman–Crippen MR) is 80.0 cm³/mol. The fourth-order valence-corrected chi connectivity index (χ4v) is 2.85. The number of rotatable bonds is 6. The minimum absolute atomic E-state index is 0.0927. The fourth-order valence-electron chi connectivity index (χ4n) is 2.29. The summed E-state index contributed by atoms with van der Waals surface area (Å²) in [5.74, 6) is -0.640. The molecule has 0 aliphatic carbocycles. The van der Waals surface area contributed by atoms with Crippen LogP contribution in [-0.4, -0.2) is 44.1 Å². The Morgan fingerprint density at radius 2 is 2.27 bits per heavy atom. The Morgan fingerprint density at radius 3 is 2.82 bits per heavy atom. The average Bonchev–Trinajstić information content (AvgIpc) is 3.13. The van der Waals surface area contributed by atoms with Crippen molar-refractivity contribution in [1.29, 1.82) is 0 Å². The Labute approximate surface area is 133 Å². The van der Waals surface area contributed by atoms with Crippen LogP contribution in [0.2, 0.25) is 0 Å². The van der Waals surface area contributed by atoms with Crippen LogP contribution < -0.4 is 0 Å². The van der Waals surface area contributed by atoms with E-state index in [1.165, 1.54) is 11.8 Å². The lowest BCUT2D eigenvalue weighted by molar-refractivity contribution is -0.156. The molecular weight excluding hydrogens is 308 g/mol. The maximum absolute atomic E-state index is 12.2. The first kappa shape index (κ1) is 16.9. The van der Waals surface area contributed by atoms with E-state index in [4.69, 9.17) is 18.6 Å². The van der Waals surface area contributed by atoms with Crippen molar-refractivity contribution in [2.45, 2.75) is 31.3 Å². The summed E-state index contributed by atoms with van der Waals surface area (Å²) in [6.45, 7) is 4.65. The van der Waals surface area contributed by atoms with Gasteiger partial charge in [-0.25, -0.2) is 9.59 Å². The Balaban J connectivity index is 2.10. The van der Waals surface area contributed by atoms with Gasteiger partial charge in [0, 0.05) is 23.5 Å². The monoisotopic (exact) mass is 328 g/mol. The summed E-state index contributed by atoms with van der Waals surface area (Å²) in [6, 6.07) is 1.62. The zero-order valence-electron chi connectivity index (χ0n) is 12.9. The van der Waals surface area contributed by atoms with E-state index in [0.717, 1.165) is 4.90 Å². The zero-order chi connectivity index (χ0) is 16.1. The van der Waals surface area contributed by atoms with Crippen LogP contribution in [0.4, 0.5) is 0 Å². The fraction of sp³-hybridized carbons (Fsp3) is 0.600. The van der Waals surface area contributed by atoms with Crippen LogP contribution in [0.25, 0.3) is 0 Å². The second-order valence-electron chi connectivity index (χ2n) is 4.94. The summed E-state index contributed by atoms with van der Waals surface area (Å²) in [5, 5.41) is 0. The number of aryl methyl sites for hydroxylation is 1. The molecule has 0 saturated carbocycles. The third kappa shape index (κ3) is 3.84. The Morgan fingerprint density at radius 1 is 1.50 bits per heavy atom. The van der Waals surface area contributed by atoms with Gasteiger partial charge in [0.2, 0.25) is 11.9 Å². The SMILES string of the molecule is CCOC(=O)[C@H](OC(=O)c1cc(SC)c(C)o1)[C@@H]1CCOC1. The molecule has 1 aliphatic heterocycles. The van der Waals surface area contributed by atoms with Crippen LogP contribution >= 0.6 is 11.8 Å². The Bertz CT molecular complexity index is 532. The van der Waals surface area contributed by atoms with Crippen molar-refractivity contribution >= 4 is 23.7 Å². The average molecular weight is 328 g/mol. The lowest BCUT2D eigenvalue weighted by Crippen LogP contribution is -2.36. The molecule has 122 valence electrons. The van der Waals surface area contributed by atoms with Gasteiger partial charge < -0.3 is 18.6 Å². The molecule has 6 nitrogen and oxygen atoms in total. The Hall–Kier alpha value is -1.47. The second-order valence-corrected chi connectivity index (χ2v) is 5.78. The molecule has 7 heteroatoms. The van der Waals surface area contributed by atoms with E-state index in [0.29, 0.717) is 25.4 Å². The van der Waals surface area contributed by atoms with Gasteiger partial charge in [-0.1, -0.05) is 0 Å². The number of thioether (sulfide) groups is 1. The van der Waals surface area contributed by atoms with Gasteiger partial charge in [0.1, 0.15) is 5.76 Å². The van der Waals surface area contributed by atoms with E-state index in [-0.39, 0.29) is 18.3 Å². The number of esters is 2. The number of carbonyl (C=O) groups is 2. The summed E-state index contributed by atoms with van der Waals surface area (Å²) in [7, 11) is 0.